The SMILES string of the molecule is CN(CC[C@@H](O)c1ccccc1)Cc1ccc(N(C)C)nc1. The highest BCUT2D eigenvalue weighted by Crippen LogP contribution is 2.17. The van der Waals surface area contributed by atoms with E-state index in [9.17, 15) is 5.11 Å². The van der Waals surface area contributed by atoms with Crippen molar-refractivity contribution in [2.24, 2.45) is 0 Å². The van der Waals surface area contributed by atoms with Gasteiger partial charge in [-0.1, -0.05) is 36.4 Å². The standard InChI is InChI=1S/C18H25N3O/c1-20(2)18-10-9-15(13-19-18)14-21(3)12-11-17(22)16-7-5-4-6-8-16/h4-10,13,17,22H,11-12,14H2,1-3H3/t17-/m1/s1. The van der Waals surface area contributed by atoms with Gasteiger partial charge < -0.3 is 14.9 Å². The molecule has 1 heterocycles. The summed E-state index contributed by atoms with van der Waals surface area (Å²) in [5, 5.41) is 10.2. The Hall–Kier alpha value is -1.91. The molecule has 0 radical (unpaired) electrons. The zero-order valence-electron chi connectivity index (χ0n) is 13.6. The molecular weight excluding hydrogens is 274 g/mol. The Bertz CT molecular complexity index is 554. The van der Waals surface area contributed by atoms with E-state index in [1.165, 1.54) is 5.56 Å². The van der Waals surface area contributed by atoms with Gasteiger partial charge in [-0.25, -0.2) is 4.98 Å². The van der Waals surface area contributed by atoms with E-state index in [0.29, 0.717) is 0 Å². The van der Waals surface area contributed by atoms with Crippen LogP contribution in [0.15, 0.2) is 48.7 Å². The van der Waals surface area contributed by atoms with Crippen molar-refractivity contribution < 1.29 is 5.11 Å². The van der Waals surface area contributed by atoms with E-state index in [2.05, 4.69) is 23.0 Å². The molecule has 2 rings (SSSR count). The predicted molar refractivity (Wildman–Crippen MR) is 90.9 cm³/mol. The molecule has 1 aromatic carbocycles. The third-order valence-electron chi connectivity index (χ3n) is 3.69. The van der Waals surface area contributed by atoms with Gasteiger partial charge in [0, 0.05) is 33.4 Å². The van der Waals surface area contributed by atoms with E-state index >= 15 is 0 Å². The minimum atomic E-state index is -0.405. The second-order valence-corrected chi connectivity index (χ2v) is 5.87. The zero-order valence-corrected chi connectivity index (χ0v) is 13.6. The number of pyridine rings is 1. The third kappa shape index (κ3) is 4.83. The van der Waals surface area contributed by atoms with Crippen LogP contribution in [0.5, 0.6) is 0 Å². The van der Waals surface area contributed by atoms with Crippen molar-refractivity contribution in [2.45, 2.75) is 19.1 Å². The van der Waals surface area contributed by atoms with Gasteiger partial charge in [-0.05, 0) is 30.7 Å². The number of hydrogen-bond donors (Lipinski definition) is 1. The van der Waals surface area contributed by atoms with Crippen LogP contribution in [0.3, 0.4) is 0 Å². The first-order valence-corrected chi connectivity index (χ1v) is 7.60. The van der Waals surface area contributed by atoms with Crippen LogP contribution in [-0.2, 0) is 6.54 Å². The normalized spacial score (nSPS) is 12.4. The highest BCUT2D eigenvalue weighted by atomic mass is 16.3. The summed E-state index contributed by atoms with van der Waals surface area (Å²) < 4.78 is 0. The van der Waals surface area contributed by atoms with Crippen molar-refractivity contribution in [1.29, 1.82) is 0 Å². The Morgan fingerprint density at radius 2 is 1.77 bits per heavy atom. The maximum atomic E-state index is 10.2. The summed E-state index contributed by atoms with van der Waals surface area (Å²) in [6, 6.07) is 13.9. The lowest BCUT2D eigenvalue weighted by molar-refractivity contribution is 0.147. The van der Waals surface area contributed by atoms with Gasteiger partial charge in [-0.3, -0.25) is 0 Å². The second kappa shape index (κ2) is 7.92. The molecule has 0 aliphatic heterocycles. The molecule has 0 unspecified atom stereocenters. The molecule has 0 aliphatic carbocycles. The van der Waals surface area contributed by atoms with Crippen molar-refractivity contribution in [2.75, 3.05) is 32.6 Å². The molecule has 0 bridgehead atoms. The van der Waals surface area contributed by atoms with Crippen LogP contribution in [0.4, 0.5) is 5.82 Å². The highest BCUT2D eigenvalue weighted by molar-refractivity contribution is 5.37. The van der Waals surface area contributed by atoms with Crippen molar-refractivity contribution in [3.63, 3.8) is 0 Å². The lowest BCUT2D eigenvalue weighted by atomic mass is 10.1. The molecule has 118 valence electrons. The van der Waals surface area contributed by atoms with Gasteiger partial charge in [0.2, 0.25) is 0 Å². The van der Waals surface area contributed by atoms with Gasteiger partial charge in [-0.2, -0.15) is 0 Å². The Kier molecular flexibility index (Phi) is 5.92. The first kappa shape index (κ1) is 16.5. The average molecular weight is 299 g/mol. The molecule has 0 fully saturated rings. The second-order valence-electron chi connectivity index (χ2n) is 5.87. The van der Waals surface area contributed by atoms with Gasteiger partial charge >= 0.3 is 0 Å². The molecule has 0 aliphatic rings. The number of benzene rings is 1. The quantitative estimate of drug-likeness (QED) is 0.853. The Balaban J connectivity index is 1.81. The summed E-state index contributed by atoms with van der Waals surface area (Å²) in [7, 11) is 6.04. The number of hydrogen-bond acceptors (Lipinski definition) is 4. The number of rotatable bonds is 7. The number of anilines is 1. The third-order valence-corrected chi connectivity index (χ3v) is 3.69. The maximum absolute atomic E-state index is 10.2. The van der Waals surface area contributed by atoms with E-state index in [1.807, 2.05) is 61.6 Å². The van der Waals surface area contributed by atoms with Gasteiger partial charge in [0.25, 0.3) is 0 Å². The smallest absolute Gasteiger partial charge is 0.127 e. The molecule has 22 heavy (non-hydrogen) atoms. The molecular formula is C18H25N3O. The number of nitrogens with zero attached hydrogens (tertiary/aromatic N) is 3. The van der Waals surface area contributed by atoms with E-state index in [1.54, 1.807) is 0 Å². The van der Waals surface area contributed by atoms with Crippen molar-refractivity contribution in [3.05, 3.63) is 59.8 Å². The Labute approximate surface area is 133 Å². The maximum Gasteiger partial charge on any atom is 0.127 e. The van der Waals surface area contributed by atoms with Crippen LogP contribution in [0.25, 0.3) is 0 Å². The van der Waals surface area contributed by atoms with Gasteiger partial charge in [0.1, 0.15) is 5.82 Å². The lowest BCUT2D eigenvalue weighted by Crippen LogP contribution is -2.21. The fraction of sp³-hybridized carbons (Fsp3) is 0.389. The zero-order chi connectivity index (χ0) is 15.9. The fourth-order valence-electron chi connectivity index (χ4n) is 2.35. The molecule has 1 atom stereocenters. The van der Waals surface area contributed by atoms with E-state index in [-0.39, 0.29) is 0 Å². The van der Waals surface area contributed by atoms with E-state index in [4.69, 9.17) is 0 Å². The summed E-state index contributed by atoms with van der Waals surface area (Å²) in [4.78, 5) is 8.62. The highest BCUT2D eigenvalue weighted by Gasteiger charge is 2.09. The first-order valence-electron chi connectivity index (χ1n) is 7.60. The Morgan fingerprint density at radius 1 is 1.05 bits per heavy atom. The van der Waals surface area contributed by atoms with E-state index in [0.717, 1.165) is 30.9 Å². The molecule has 0 saturated heterocycles. The van der Waals surface area contributed by atoms with Gasteiger partial charge in [0.15, 0.2) is 0 Å². The fourth-order valence-corrected chi connectivity index (χ4v) is 2.35. The van der Waals surface area contributed by atoms with Crippen LogP contribution in [0.2, 0.25) is 0 Å². The lowest BCUT2D eigenvalue weighted by Gasteiger charge is -2.19. The molecule has 2 aromatic rings. The summed E-state index contributed by atoms with van der Waals surface area (Å²) in [6.07, 6.45) is 2.24. The minimum Gasteiger partial charge on any atom is -0.388 e. The average Bonchev–Trinajstić information content (AvgIpc) is 2.54. The molecule has 4 nitrogen and oxygen atoms in total. The van der Waals surface area contributed by atoms with Crippen LogP contribution in [0, 0.1) is 0 Å². The van der Waals surface area contributed by atoms with Crippen molar-refractivity contribution >= 4 is 5.82 Å². The van der Waals surface area contributed by atoms with Crippen molar-refractivity contribution in [3.8, 4) is 0 Å². The van der Waals surface area contributed by atoms with Gasteiger partial charge in [0.05, 0.1) is 6.10 Å². The molecule has 0 saturated carbocycles. The number of aromatic nitrogens is 1. The largest absolute Gasteiger partial charge is 0.388 e. The monoisotopic (exact) mass is 299 g/mol. The topological polar surface area (TPSA) is 39.6 Å². The summed E-state index contributed by atoms with van der Waals surface area (Å²) >= 11 is 0. The summed E-state index contributed by atoms with van der Waals surface area (Å²) in [5.74, 6) is 0.964. The number of aliphatic hydroxyl groups is 1. The van der Waals surface area contributed by atoms with Crippen LogP contribution in [0.1, 0.15) is 23.7 Å². The minimum absolute atomic E-state index is 0.405. The molecule has 1 N–H and O–H groups in total. The molecule has 0 spiro atoms. The van der Waals surface area contributed by atoms with Crippen LogP contribution < -0.4 is 4.90 Å². The van der Waals surface area contributed by atoms with Gasteiger partial charge in [-0.15, -0.1) is 0 Å². The van der Waals surface area contributed by atoms with Crippen LogP contribution in [-0.4, -0.2) is 42.7 Å². The predicted octanol–water partition coefficient (Wildman–Crippen LogP) is 2.70. The summed E-state index contributed by atoms with van der Waals surface area (Å²) in [6.45, 7) is 1.67. The van der Waals surface area contributed by atoms with Crippen LogP contribution >= 0.6 is 0 Å². The molecule has 1 aromatic heterocycles. The first-order chi connectivity index (χ1) is 10.6. The van der Waals surface area contributed by atoms with E-state index < -0.39 is 6.10 Å². The molecule has 0 amide bonds. The number of aliphatic hydroxyl groups excluding tert-OH is 1. The summed E-state index contributed by atoms with van der Waals surface area (Å²) in [5.41, 5.74) is 2.16. The Morgan fingerprint density at radius 3 is 2.36 bits per heavy atom. The van der Waals surface area contributed by atoms with Crippen molar-refractivity contribution in [1.82, 2.24) is 9.88 Å². The molecule has 4 heteroatoms.